The van der Waals surface area contributed by atoms with Crippen molar-refractivity contribution in [1.29, 1.82) is 0 Å². The summed E-state index contributed by atoms with van der Waals surface area (Å²) >= 11 is 0. The smallest absolute Gasteiger partial charge is 0.123 e. The first-order valence-corrected chi connectivity index (χ1v) is 5.24. The van der Waals surface area contributed by atoms with Gasteiger partial charge < -0.3 is 10.5 Å². The Morgan fingerprint density at radius 3 is 2.80 bits per heavy atom. The third-order valence-electron chi connectivity index (χ3n) is 3.03. The van der Waals surface area contributed by atoms with Gasteiger partial charge in [0, 0.05) is 5.54 Å². The van der Waals surface area contributed by atoms with E-state index in [-0.39, 0.29) is 11.4 Å². The van der Waals surface area contributed by atoms with Crippen LogP contribution in [0.15, 0.2) is 18.2 Å². The van der Waals surface area contributed by atoms with Gasteiger partial charge in [-0.05, 0) is 49.4 Å². The fourth-order valence-corrected chi connectivity index (χ4v) is 1.74. The van der Waals surface area contributed by atoms with Crippen molar-refractivity contribution in [2.45, 2.75) is 31.2 Å². The van der Waals surface area contributed by atoms with Gasteiger partial charge in [-0.15, -0.1) is 0 Å². The van der Waals surface area contributed by atoms with Crippen molar-refractivity contribution in [3.63, 3.8) is 0 Å². The summed E-state index contributed by atoms with van der Waals surface area (Å²) in [5.74, 6) is 0.535. The second-order valence-electron chi connectivity index (χ2n) is 4.32. The molecule has 3 heteroatoms. The zero-order chi connectivity index (χ0) is 10.9. The van der Waals surface area contributed by atoms with Gasteiger partial charge in [-0.1, -0.05) is 0 Å². The molecule has 1 aliphatic rings. The Bertz CT molecular complexity index is 361. The lowest BCUT2D eigenvalue weighted by Gasteiger charge is -2.11. The van der Waals surface area contributed by atoms with Crippen LogP contribution in [0.25, 0.3) is 0 Å². The zero-order valence-electron chi connectivity index (χ0n) is 8.92. The van der Waals surface area contributed by atoms with Gasteiger partial charge in [-0.2, -0.15) is 0 Å². The van der Waals surface area contributed by atoms with Crippen molar-refractivity contribution in [3.8, 4) is 5.75 Å². The molecule has 0 spiro atoms. The van der Waals surface area contributed by atoms with E-state index in [4.69, 9.17) is 10.5 Å². The number of hydrogen-bond donors (Lipinski definition) is 1. The molecule has 2 nitrogen and oxygen atoms in total. The van der Waals surface area contributed by atoms with Crippen LogP contribution in [0.4, 0.5) is 4.39 Å². The molecule has 0 atom stereocenters. The Morgan fingerprint density at radius 1 is 1.47 bits per heavy atom. The fraction of sp³-hybridized carbons (Fsp3) is 0.500. The van der Waals surface area contributed by atoms with Gasteiger partial charge in [-0.25, -0.2) is 4.39 Å². The molecule has 0 heterocycles. The Kier molecular flexibility index (Phi) is 2.65. The van der Waals surface area contributed by atoms with E-state index in [0.29, 0.717) is 0 Å². The maximum atomic E-state index is 13.0. The van der Waals surface area contributed by atoms with E-state index >= 15 is 0 Å². The molecule has 1 fully saturated rings. The fourth-order valence-electron chi connectivity index (χ4n) is 1.74. The van der Waals surface area contributed by atoms with Crippen molar-refractivity contribution in [3.05, 3.63) is 29.6 Å². The lowest BCUT2D eigenvalue weighted by Crippen LogP contribution is -2.22. The number of methoxy groups -OCH3 is 1. The lowest BCUT2D eigenvalue weighted by molar-refractivity contribution is 0.406. The van der Waals surface area contributed by atoms with E-state index in [0.717, 1.165) is 37.0 Å². The van der Waals surface area contributed by atoms with Gasteiger partial charge in [0.15, 0.2) is 0 Å². The van der Waals surface area contributed by atoms with Crippen LogP contribution in [0.2, 0.25) is 0 Å². The Balaban J connectivity index is 2.08. The van der Waals surface area contributed by atoms with Crippen LogP contribution >= 0.6 is 0 Å². The molecule has 1 saturated carbocycles. The largest absolute Gasteiger partial charge is 0.496 e. The molecule has 2 rings (SSSR count). The average Bonchev–Trinajstić information content (AvgIpc) is 2.95. The number of rotatable bonds is 4. The number of benzene rings is 1. The molecule has 0 radical (unpaired) electrons. The van der Waals surface area contributed by atoms with Gasteiger partial charge in [0.2, 0.25) is 0 Å². The zero-order valence-corrected chi connectivity index (χ0v) is 8.92. The first-order chi connectivity index (χ1) is 7.13. The summed E-state index contributed by atoms with van der Waals surface area (Å²) in [4.78, 5) is 0. The molecule has 0 bridgehead atoms. The van der Waals surface area contributed by atoms with Crippen molar-refractivity contribution in [1.82, 2.24) is 0 Å². The van der Waals surface area contributed by atoms with Gasteiger partial charge in [0.25, 0.3) is 0 Å². The summed E-state index contributed by atoms with van der Waals surface area (Å²) in [6.45, 7) is 0. The number of hydrogen-bond acceptors (Lipinski definition) is 2. The summed E-state index contributed by atoms with van der Waals surface area (Å²) in [6, 6.07) is 4.61. The molecule has 1 aromatic rings. The predicted molar refractivity (Wildman–Crippen MR) is 57.4 cm³/mol. The van der Waals surface area contributed by atoms with E-state index in [2.05, 4.69) is 0 Å². The van der Waals surface area contributed by atoms with E-state index in [1.54, 1.807) is 13.2 Å². The molecule has 0 unspecified atom stereocenters. The van der Waals surface area contributed by atoms with Crippen LogP contribution in [0, 0.1) is 5.82 Å². The molecular weight excluding hydrogens is 193 g/mol. The summed E-state index contributed by atoms with van der Waals surface area (Å²) < 4.78 is 18.2. The molecule has 82 valence electrons. The molecule has 0 amide bonds. The average molecular weight is 209 g/mol. The maximum Gasteiger partial charge on any atom is 0.123 e. The van der Waals surface area contributed by atoms with Crippen LogP contribution in [0.5, 0.6) is 5.75 Å². The van der Waals surface area contributed by atoms with Crippen LogP contribution in [0.1, 0.15) is 24.8 Å². The molecule has 1 aliphatic carbocycles. The third kappa shape index (κ3) is 2.48. The number of nitrogens with two attached hydrogens (primary N) is 1. The predicted octanol–water partition coefficient (Wildman–Crippen LogP) is 2.26. The highest BCUT2D eigenvalue weighted by Gasteiger charge is 2.37. The van der Waals surface area contributed by atoms with E-state index in [1.807, 2.05) is 0 Å². The van der Waals surface area contributed by atoms with Crippen LogP contribution < -0.4 is 10.5 Å². The van der Waals surface area contributed by atoms with E-state index in [1.165, 1.54) is 12.1 Å². The van der Waals surface area contributed by atoms with E-state index in [9.17, 15) is 4.39 Å². The van der Waals surface area contributed by atoms with Gasteiger partial charge in [0.1, 0.15) is 11.6 Å². The van der Waals surface area contributed by atoms with Crippen molar-refractivity contribution in [2.75, 3.05) is 7.11 Å². The second-order valence-corrected chi connectivity index (χ2v) is 4.32. The first kappa shape index (κ1) is 10.4. The van der Waals surface area contributed by atoms with Crippen LogP contribution in [-0.2, 0) is 6.42 Å². The highest BCUT2D eigenvalue weighted by Crippen LogP contribution is 2.37. The minimum Gasteiger partial charge on any atom is -0.496 e. The normalized spacial score (nSPS) is 17.5. The lowest BCUT2D eigenvalue weighted by atomic mass is 10.0. The Morgan fingerprint density at radius 2 is 2.20 bits per heavy atom. The molecule has 0 saturated heterocycles. The minimum atomic E-state index is -0.215. The van der Waals surface area contributed by atoms with Gasteiger partial charge >= 0.3 is 0 Å². The minimum absolute atomic E-state index is 0.0112. The summed E-state index contributed by atoms with van der Waals surface area (Å²) in [5.41, 5.74) is 6.91. The standard InChI is InChI=1S/C12H16FNO/c1-15-11-3-2-10(13)8-9(11)4-5-12(14)6-7-12/h2-3,8H,4-7,14H2,1H3. The number of ether oxygens (including phenoxy) is 1. The van der Waals surface area contributed by atoms with Crippen molar-refractivity contribution >= 4 is 0 Å². The number of halogens is 1. The second kappa shape index (κ2) is 3.81. The highest BCUT2D eigenvalue weighted by atomic mass is 19.1. The van der Waals surface area contributed by atoms with Crippen LogP contribution in [-0.4, -0.2) is 12.6 Å². The third-order valence-corrected chi connectivity index (χ3v) is 3.03. The van der Waals surface area contributed by atoms with Crippen LogP contribution in [0.3, 0.4) is 0 Å². The molecule has 15 heavy (non-hydrogen) atoms. The van der Waals surface area contributed by atoms with E-state index < -0.39 is 0 Å². The molecule has 1 aromatic carbocycles. The number of aryl methyl sites for hydroxylation is 1. The quantitative estimate of drug-likeness (QED) is 0.825. The topological polar surface area (TPSA) is 35.2 Å². The SMILES string of the molecule is COc1ccc(F)cc1CCC1(N)CC1. The Hall–Kier alpha value is -1.09. The van der Waals surface area contributed by atoms with Crippen molar-refractivity contribution < 1.29 is 9.13 Å². The Labute approximate surface area is 89.2 Å². The van der Waals surface area contributed by atoms with Gasteiger partial charge in [-0.3, -0.25) is 0 Å². The first-order valence-electron chi connectivity index (χ1n) is 5.24. The van der Waals surface area contributed by atoms with Crippen molar-refractivity contribution in [2.24, 2.45) is 5.73 Å². The summed E-state index contributed by atoms with van der Waals surface area (Å²) in [7, 11) is 1.60. The molecule has 2 N–H and O–H groups in total. The molecule has 0 aromatic heterocycles. The summed E-state index contributed by atoms with van der Waals surface area (Å²) in [5, 5.41) is 0. The van der Waals surface area contributed by atoms with Gasteiger partial charge in [0.05, 0.1) is 7.11 Å². The molecular formula is C12H16FNO. The maximum absolute atomic E-state index is 13.0. The highest BCUT2D eigenvalue weighted by molar-refractivity contribution is 5.34. The molecule has 0 aliphatic heterocycles. The monoisotopic (exact) mass is 209 g/mol. The summed E-state index contributed by atoms with van der Waals surface area (Å²) in [6.07, 6.45) is 3.87.